The number of rotatable bonds is 11. The van der Waals surface area contributed by atoms with Gasteiger partial charge in [0.2, 0.25) is 5.91 Å². The molecule has 0 aliphatic carbocycles. The molecule has 0 spiro atoms. The number of amides is 2. The van der Waals surface area contributed by atoms with Crippen LogP contribution in [0.2, 0.25) is 0 Å². The van der Waals surface area contributed by atoms with Gasteiger partial charge in [0, 0.05) is 12.1 Å². The Bertz CT molecular complexity index is 1330. The van der Waals surface area contributed by atoms with E-state index in [-0.39, 0.29) is 18.3 Å². The first kappa shape index (κ1) is 30.2. The van der Waals surface area contributed by atoms with Gasteiger partial charge in [-0.3, -0.25) is 14.5 Å². The normalized spacial score (nSPS) is 14.0. The van der Waals surface area contributed by atoms with Gasteiger partial charge in [0.1, 0.15) is 23.9 Å². The Morgan fingerprint density at radius 1 is 0.949 bits per heavy atom. The molecule has 3 aromatic rings. The van der Waals surface area contributed by atoms with E-state index < -0.39 is 5.91 Å². The molecular formula is C29H30ClN3O4S2. The minimum absolute atomic E-state index is 0. The molecule has 0 saturated carbocycles. The van der Waals surface area contributed by atoms with Gasteiger partial charge in [0.15, 0.2) is 4.32 Å². The topological polar surface area (TPSA) is 85.1 Å². The highest BCUT2D eigenvalue weighted by Gasteiger charge is 2.33. The van der Waals surface area contributed by atoms with Crippen LogP contribution in [0.3, 0.4) is 0 Å². The number of thioether (sulfide) groups is 1. The third-order valence-electron chi connectivity index (χ3n) is 6.01. The molecule has 0 aromatic heterocycles. The van der Waals surface area contributed by atoms with Crippen LogP contribution in [0.1, 0.15) is 29.8 Å². The van der Waals surface area contributed by atoms with Crippen molar-refractivity contribution in [3.63, 3.8) is 0 Å². The molecule has 1 saturated heterocycles. The summed E-state index contributed by atoms with van der Waals surface area (Å²) < 4.78 is 12.2. The van der Waals surface area contributed by atoms with Gasteiger partial charge in [-0.1, -0.05) is 50.0 Å². The highest BCUT2D eigenvalue weighted by Crippen LogP contribution is 2.36. The van der Waals surface area contributed by atoms with Crippen LogP contribution in [0.25, 0.3) is 6.08 Å². The predicted octanol–water partition coefficient (Wildman–Crippen LogP) is 6.13. The van der Waals surface area contributed by atoms with Crippen LogP contribution in [0.15, 0.2) is 77.7 Å². The number of nitrogens with zero attached hydrogens (tertiary/aromatic N) is 2. The highest BCUT2D eigenvalue weighted by molar-refractivity contribution is 8.27. The highest BCUT2D eigenvalue weighted by atomic mass is 35.5. The molecule has 1 aliphatic rings. The van der Waals surface area contributed by atoms with Gasteiger partial charge in [-0.2, -0.15) is 0 Å². The molecule has 3 aromatic carbocycles. The van der Waals surface area contributed by atoms with Crippen molar-refractivity contribution in [2.45, 2.75) is 13.8 Å². The first-order valence-electron chi connectivity index (χ1n) is 12.3. The average molecular weight is 584 g/mol. The van der Waals surface area contributed by atoms with Gasteiger partial charge in [-0.25, -0.2) is 0 Å². The smallest absolute Gasteiger partial charge is 0.270 e. The van der Waals surface area contributed by atoms with E-state index in [4.69, 9.17) is 27.4 Å². The van der Waals surface area contributed by atoms with Crippen LogP contribution in [0.5, 0.6) is 17.2 Å². The van der Waals surface area contributed by atoms with E-state index in [1.165, 1.54) is 11.8 Å². The van der Waals surface area contributed by atoms with Crippen molar-refractivity contribution in [2.24, 2.45) is 5.73 Å². The summed E-state index contributed by atoms with van der Waals surface area (Å²) in [7, 11) is 0. The third kappa shape index (κ3) is 7.83. The number of hydrogen-bond donors (Lipinski definition) is 1. The molecule has 2 amide bonds. The van der Waals surface area contributed by atoms with E-state index in [2.05, 4.69) is 18.7 Å². The lowest BCUT2D eigenvalue weighted by molar-refractivity contribution is -0.113. The van der Waals surface area contributed by atoms with Gasteiger partial charge in [-0.15, -0.1) is 12.4 Å². The van der Waals surface area contributed by atoms with Crippen LogP contribution < -0.4 is 20.1 Å². The van der Waals surface area contributed by atoms with Gasteiger partial charge in [0.25, 0.3) is 5.91 Å². The molecule has 0 bridgehead atoms. The van der Waals surface area contributed by atoms with Crippen LogP contribution in [0, 0.1) is 0 Å². The first-order chi connectivity index (χ1) is 18.4. The Balaban J connectivity index is 0.00000420. The number of carbonyl (C=O) groups excluding carboxylic acids is 2. The van der Waals surface area contributed by atoms with Gasteiger partial charge >= 0.3 is 0 Å². The zero-order valence-electron chi connectivity index (χ0n) is 21.7. The molecule has 39 heavy (non-hydrogen) atoms. The summed E-state index contributed by atoms with van der Waals surface area (Å²) in [5, 5.41) is 0. The van der Waals surface area contributed by atoms with Crippen molar-refractivity contribution >= 4 is 64.3 Å². The van der Waals surface area contributed by atoms with E-state index in [1.54, 1.807) is 29.2 Å². The summed E-state index contributed by atoms with van der Waals surface area (Å²) in [5.74, 6) is 1.32. The average Bonchev–Trinajstić information content (AvgIpc) is 3.20. The predicted molar refractivity (Wildman–Crippen MR) is 164 cm³/mol. The second-order valence-electron chi connectivity index (χ2n) is 8.45. The maximum absolute atomic E-state index is 13.2. The number of likely N-dealkylation sites (N-methyl/N-ethyl adjacent to an activating group) is 1. The number of halogens is 1. The molecule has 204 valence electrons. The molecule has 0 radical (unpaired) electrons. The molecule has 2 N–H and O–H groups in total. The Labute approximate surface area is 244 Å². The minimum Gasteiger partial charge on any atom is -0.492 e. The Morgan fingerprint density at radius 3 is 2.08 bits per heavy atom. The molecule has 1 aliphatic heterocycles. The number of ether oxygens (including phenoxy) is 2. The number of nitrogens with two attached hydrogens (primary N) is 1. The lowest BCUT2D eigenvalue weighted by Crippen LogP contribution is -2.28. The summed E-state index contributed by atoms with van der Waals surface area (Å²) in [6, 6.07) is 21.4. The maximum atomic E-state index is 13.2. The summed E-state index contributed by atoms with van der Waals surface area (Å²) in [6.07, 6.45) is 1.81. The number of primary amides is 1. The van der Waals surface area contributed by atoms with Crippen LogP contribution in [-0.4, -0.2) is 47.3 Å². The fraction of sp³-hybridized carbons (Fsp3) is 0.207. The zero-order valence-corrected chi connectivity index (χ0v) is 24.1. The third-order valence-corrected chi connectivity index (χ3v) is 7.31. The summed E-state index contributed by atoms with van der Waals surface area (Å²) >= 11 is 6.78. The van der Waals surface area contributed by atoms with Crippen molar-refractivity contribution in [1.82, 2.24) is 4.90 Å². The largest absolute Gasteiger partial charge is 0.492 e. The summed E-state index contributed by atoms with van der Waals surface area (Å²) in [5.41, 5.74) is 7.24. The van der Waals surface area contributed by atoms with Crippen molar-refractivity contribution in [3.8, 4) is 17.2 Å². The summed E-state index contributed by atoms with van der Waals surface area (Å²) in [6.45, 7) is 7.73. The van der Waals surface area contributed by atoms with E-state index in [9.17, 15) is 9.59 Å². The number of benzene rings is 3. The molecular weight excluding hydrogens is 554 g/mol. The minimum atomic E-state index is -0.487. The summed E-state index contributed by atoms with van der Waals surface area (Å²) in [4.78, 5) is 28.8. The van der Waals surface area contributed by atoms with E-state index in [0.717, 1.165) is 30.9 Å². The fourth-order valence-electron chi connectivity index (χ4n) is 3.82. The molecule has 4 rings (SSSR count). The fourth-order valence-corrected chi connectivity index (χ4v) is 5.12. The SMILES string of the molecule is CCN(CC)CCOc1ccc(N2C(=O)C(=Cc3ccc(Oc4ccc(C(N)=O)cc4)cc3)SC2=S)cc1.Cl. The van der Waals surface area contributed by atoms with Crippen molar-refractivity contribution < 1.29 is 19.1 Å². The Hall–Kier alpha value is -3.37. The lowest BCUT2D eigenvalue weighted by Gasteiger charge is -2.18. The van der Waals surface area contributed by atoms with Crippen LogP contribution >= 0.6 is 36.4 Å². The van der Waals surface area contributed by atoms with Crippen LogP contribution in [0.4, 0.5) is 5.69 Å². The quantitative estimate of drug-likeness (QED) is 0.215. The van der Waals surface area contributed by atoms with Crippen molar-refractivity contribution in [3.05, 3.63) is 88.8 Å². The van der Waals surface area contributed by atoms with Gasteiger partial charge in [0.05, 0.1) is 10.6 Å². The number of hydrogen-bond acceptors (Lipinski definition) is 7. The second-order valence-corrected chi connectivity index (χ2v) is 10.1. The van der Waals surface area contributed by atoms with Crippen LogP contribution in [-0.2, 0) is 4.79 Å². The van der Waals surface area contributed by atoms with E-state index in [0.29, 0.717) is 38.6 Å². The molecule has 0 unspecified atom stereocenters. The van der Waals surface area contributed by atoms with Gasteiger partial charge < -0.3 is 20.1 Å². The number of carbonyl (C=O) groups is 2. The Morgan fingerprint density at radius 2 is 1.51 bits per heavy atom. The maximum Gasteiger partial charge on any atom is 0.270 e. The van der Waals surface area contributed by atoms with Crippen molar-refractivity contribution in [1.29, 1.82) is 0 Å². The van der Waals surface area contributed by atoms with E-state index in [1.807, 2.05) is 54.6 Å². The van der Waals surface area contributed by atoms with Gasteiger partial charge in [-0.05, 0) is 85.4 Å². The monoisotopic (exact) mass is 583 g/mol. The first-order valence-corrected chi connectivity index (χ1v) is 13.5. The standard InChI is InChI=1S/C29H29N3O4S2.ClH/c1-3-31(4-2)17-18-35-23-15-9-22(10-16-23)32-28(34)26(38-29(32)37)19-20-5-11-24(12-6-20)36-25-13-7-21(8-14-25)27(30)33;/h5-16,19H,3-4,17-18H2,1-2H3,(H2,30,33);1H. The molecule has 1 heterocycles. The van der Waals surface area contributed by atoms with E-state index >= 15 is 0 Å². The second kappa shape index (κ2) is 14.1. The number of thiocarbonyl (C=S) groups is 1. The molecule has 10 heteroatoms. The molecule has 7 nitrogen and oxygen atoms in total. The molecule has 1 fully saturated rings. The van der Waals surface area contributed by atoms with Crippen molar-refractivity contribution in [2.75, 3.05) is 31.1 Å². The molecule has 0 atom stereocenters. The lowest BCUT2D eigenvalue weighted by atomic mass is 10.2. The zero-order chi connectivity index (χ0) is 27.1. The Kier molecular flexibility index (Phi) is 10.9. The number of anilines is 1.